The second kappa shape index (κ2) is 5.38. The molecule has 0 unspecified atom stereocenters. The van der Waals surface area contributed by atoms with Gasteiger partial charge in [-0.1, -0.05) is 0 Å². The number of H-pyrrole nitrogens is 1. The monoisotopic (exact) mass is 350 g/mol. The quantitative estimate of drug-likeness (QED) is 0.364. The number of hydrogen-bond acceptors (Lipinski definition) is 7. The summed E-state index contributed by atoms with van der Waals surface area (Å²) in [6.07, 6.45) is 0. The Morgan fingerprint density at radius 3 is 2.67 bits per heavy atom. The molecule has 0 amide bonds. The lowest BCUT2D eigenvalue weighted by Gasteiger charge is -2.08. The van der Waals surface area contributed by atoms with Gasteiger partial charge in [-0.25, -0.2) is 13.2 Å². The number of nitrogens with two attached hydrogens (primary N) is 1. The fourth-order valence-electron chi connectivity index (χ4n) is 2.07. The summed E-state index contributed by atoms with van der Waals surface area (Å²) in [5.41, 5.74) is 5.37. The minimum absolute atomic E-state index is 0.0217. The van der Waals surface area contributed by atoms with E-state index in [0.29, 0.717) is 5.52 Å². The number of rotatable bonds is 4. The number of aromatic nitrogens is 1. The predicted octanol–water partition coefficient (Wildman–Crippen LogP) is 1.41. The summed E-state index contributed by atoms with van der Waals surface area (Å²) in [5, 5.41) is 10.9. The number of anilines is 2. The zero-order valence-electron chi connectivity index (χ0n) is 11.8. The van der Waals surface area contributed by atoms with Gasteiger partial charge in [0.1, 0.15) is 5.69 Å². The number of benzene rings is 2. The first-order chi connectivity index (χ1) is 11.3. The van der Waals surface area contributed by atoms with Gasteiger partial charge in [0, 0.05) is 12.1 Å². The average molecular weight is 350 g/mol. The first kappa shape index (κ1) is 15.6. The zero-order valence-corrected chi connectivity index (χ0v) is 12.7. The van der Waals surface area contributed by atoms with E-state index in [1.807, 2.05) is 0 Å². The van der Waals surface area contributed by atoms with Gasteiger partial charge in [0.2, 0.25) is 0 Å². The van der Waals surface area contributed by atoms with E-state index in [-0.39, 0.29) is 21.9 Å². The van der Waals surface area contributed by atoms with E-state index < -0.39 is 26.4 Å². The van der Waals surface area contributed by atoms with E-state index in [0.717, 1.165) is 6.07 Å². The molecule has 3 rings (SSSR count). The van der Waals surface area contributed by atoms with Gasteiger partial charge in [-0.05, 0) is 24.3 Å². The summed E-state index contributed by atoms with van der Waals surface area (Å²) >= 11 is 0. The Balaban J connectivity index is 1.99. The van der Waals surface area contributed by atoms with Crippen LogP contribution in [0.15, 0.2) is 50.5 Å². The maximum absolute atomic E-state index is 12.4. The van der Waals surface area contributed by atoms with Crippen molar-refractivity contribution in [1.29, 1.82) is 0 Å². The van der Waals surface area contributed by atoms with Gasteiger partial charge in [0.25, 0.3) is 15.7 Å². The number of aromatic amines is 1. The lowest BCUT2D eigenvalue weighted by Crippen LogP contribution is -2.13. The zero-order chi connectivity index (χ0) is 17.5. The minimum atomic E-state index is -4.04. The van der Waals surface area contributed by atoms with Gasteiger partial charge in [-0.15, -0.1) is 0 Å². The van der Waals surface area contributed by atoms with Crippen LogP contribution < -0.4 is 16.2 Å². The van der Waals surface area contributed by atoms with Gasteiger partial charge in [-0.3, -0.25) is 19.8 Å². The number of nitro groups is 1. The van der Waals surface area contributed by atoms with Crippen LogP contribution in [0.5, 0.6) is 0 Å². The van der Waals surface area contributed by atoms with Crippen LogP contribution in [0, 0.1) is 10.1 Å². The number of nitro benzene ring substituents is 1. The van der Waals surface area contributed by atoms with E-state index in [9.17, 15) is 23.3 Å². The van der Waals surface area contributed by atoms with Gasteiger partial charge in [0.05, 0.1) is 21.0 Å². The number of nitrogens with one attached hydrogen (secondary N) is 2. The molecule has 0 aliphatic carbocycles. The molecule has 10 nitrogen and oxygen atoms in total. The number of sulfonamides is 1. The molecular formula is C13H10N4O6S. The number of oxazole rings is 1. The van der Waals surface area contributed by atoms with Gasteiger partial charge in [0.15, 0.2) is 5.58 Å². The third-order valence-corrected chi connectivity index (χ3v) is 4.56. The standard InChI is InChI=1S/C13H10N4O6S/c14-9-3-1-7(5-11(9)17(19)20)16-24(21,22)8-2-4-10-12(6-8)23-13(18)15-10/h1-6,16H,14H2,(H,15,18). The van der Waals surface area contributed by atoms with E-state index >= 15 is 0 Å². The summed E-state index contributed by atoms with van der Waals surface area (Å²) in [6, 6.07) is 7.35. The van der Waals surface area contributed by atoms with Crippen LogP contribution >= 0.6 is 0 Å². The fraction of sp³-hybridized carbons (Fsp3) is 0. The Bertz CT molecular complexity index is 1110. The van der Waals surface area contributed by atoms with Gasteiger partial charge in [-0.2, -0.15) is 0 Å². The number of fused-ring (bicyclic) bond motifs is 1. The van der Waals surface area contributed by atoms with Crippen LogP contribution in [0.25, 0.3) is 11.1 Å². The fourth-order valence-corrected chi connectivity index (χ4v) is 3.14. The molecule has 0 bridgehead atoms. The van der Waals surface area contributed by atoms with E-state index in [2.05, 4.69) is 9.71 Å². The van der Waals surface area contributed by atoms with Crippen molar-refractivity contribution in [2.24, 2.45) is 0 Å². The molecule has 0 saturated heterocycles. The summed E-state index contributed by atoms with van der Waals surface area (Å²) in [5.74, 6) is -0.707. The molecule has 1 heterocycles. The third-order valence-electron chi connectivity index (χ3n) is 3.18. The molecule has 124 valence electrons. The Morgan fingerprint density at radius 2 is 1.96 bits per heavy atom. The van der Waals surface area contributed by atoms with Crippen molar-refractivity contribution in [3.63, 3.8) is 0 Å². The molecular weight excluding hydrogens is 340 g/mol. The van der Waals surface area contributed by atoms with Crippen LogP contribution in [0.4, 0.5) is 17.1 Å². The van der Waals surface area contributed by atoms with Crippen molar-refractivity contribution >= 4 is 38.2 Å². The Morgan fingerprint density at radius 1 is 1.21 bits per heavy atom. The van der Waals surface area contributed by atoms with Crippen LogP contribution in [0.3, 0.4) is 0 Å². The minimum Gasteiger partial charge on any atom is -0.408 e. The Kier molecular flexibility index (Phi) is 3.49. The maximum Gasteiger partial charge on any atom is 0.417 e. The van der Waals surface area contributed by atoms with E-state index in [1.54, 1.807) is 0 Å². The number of hydrogen-bond donors (Lipinski definition) is 3. The molecule has 1 aromatic heterocycles. The van der Waals surface area contributed by atoms with Crippen LogP contribution in [-0.4, -0.2) is 18.3 Å². The predicted molar refractivity (Wildman–Crippen MR) is 85.2 cm³/mol. The summed E-state index contributed by atoms with van der Waals surface area (Å²) in [6.45, 7) is 0. The second-order valence-electron chi connectivity index (χ2n) is 4.81. The molecule has 0 radical (unpaired) electrons. The van der Waals surface area contributed by atoms with Crippen LogP contribution in [0.1, 0.15) is 0 Å². The van der Waals surface area contributed by atoms with Crippen molar-refractivity contribution in [1.82, 2.24) is 4.98 Å². The van der Waals surface area contributed by atoms with Crippen molar-refractivity contribution in [2.45, 2.75) is 4.90 Å². The summed E-state index contributed by atoms with van der Waals surface area (Å²) in [7, 11) is -4.04. The summed E-state index contributed by atoms with van der Waals surface area (Å²) < 4.78 is 31.8. The van der Waals surface area contributed by atoms with E-state index in [1.165, 1.54) is 30.3 Å². The molecule has 0 aliphatic rings. The van der Waals surface area contributed by atoms with Crippen molar-refractivity contribution in [3.05, 3.63) is 57.1 Å². The largest absolute Gasteiger partial charge is 0.417 e. The topological polar surface area (TPSA) is 161 Å². The Hall–Kier alpha value is -3.34. The molecule has 0 saturated carbocycles. The first-order valence-corrected chi connectivity index (χ1v) is 7.94. The first-order valence-electron chi connectivity index (χ1n) is 6.46. The van der Waals surface area contributed by atoms with Gasteiger partial charge >= 0.3 is 5.76 Å². The molecule has 0 atom stereocenters. The molecule has 11 heteroatoms. The smallest absolute Gasteiger partial charge is 0.408 e. The highest BCUT2D eigenvalue weighted by atomic mass is 32.2. The molecule has 0 spiro atoms. The molecule has 24 heavy (non-hydrogen) atoms. The average Bonchev–Trinajstić information content (AvgIpc) is 2.87. The molecule has 0 fully saturated rings. The molecule has 0 aliphatic heterocycles. The van der Waals surface area contributed by atoms with Crippen molar-refractivity contribution < 1.29 is 17.8 Å². The second-order valence-corrected chi connectivity index (χ2v) is 6.49. The van der Waals surface area contributed by atoms with Gasteiger partial charge < -0.3 is 10.2 Å². The highest BCUT2D eigenvalue weighted by Crippen LogP contribution is 2.27. The maximum atomic E-state index is 12.4. The summed E-state index contributed by atoms with van der Waals surface area (Å²) in [4.78, 5) is 23.5. The highest BCUT2D eigenvalue weighted by molar-refractivity contribution is 7.92. The van der Waals surface area contributed by atoms with Crippen LogP contribution in [0.2, 0.25) is 0 Å². The third kappa shape index (κ3) is 2.79. The highest BCUT2D eigenvalue weighted by Gasteiger charge is 2.19. The normalized spacial score (nSPS) is 11.5. The number of nitrogen functional groups attached to an aromatic ring is 1. The SMILES string of the molecule is Nc1ccc(NS(=O)(=O)c2ccc3[nH]c(=O)oc3c2)cc1[N+](=O)[O-]. The van der Waals surface area contributed by atoms with Crippen LogP contribution in [-0.2, 0) is 10.0 Å². The lowest BCUT2D eigenvalue weighted by molar-refractivity contribution is -0.383. The van der Waals surface area contributed by atoms with Crippen molar-refractivity contribution in [3.8, 4) is 0 Å². The molecule has 4 N–H and O–H groups in total. The molecule has 2 aromatic carbocycles. The number of nitrogens with zero attached hydrogens (tertiary/aromatic N) is 1. The molecule has 3 aromatic rings. The lowest BCUT2D eigenvalue weighted by atomic mass is 10.2. The van der Waals surface area contributed by atoms with Crippen molar-refractivity contribution in [2.75, 3.05) is 10.5 Å². The van der Waals surface area contributed by atoms with E-state index in [4.69, 9.17) is 10.2 Å². The Labute approximate surface area is 134 Å².